The predicted molar refractivity (Wildman–Crippen MR) is 104 cm³/mol. The highest BCUT2D eigenvalue weighted by atomic mass is 16.5. The van der Waals surface area contributed by atoms with Crippen LogP contribution in [0.4, 0.5) is 0 Å². The maximum atomic E-state index is 10.7. The molecule has 4 heteroatoms. The number of nitrogens with two attached hydrogens (primary N) is 1. The molecule has 0 aliphatic carbocycles. The van der Waals surface area contributed by atoms with Gasteiger partial charge in [-0.05, 0) is 19.4 Å². The zero-order valence-corrected chi connectivity index (χ0v) is 15.5. The summed E-state index contributed by atoms with van der Waals surface area (Å²) in [7, 11) is 1.64. The first-order valence-corrected chi connectivity index (χ1v) is 9.01. The number of nitrogens with one attached hydrogen (secondary N) is 1. The van der Waals surface area contributed by atoms with Crippen molar-refractivity contribution in [1.29, 1.82) is 0 Å². The second-order valence-corrected chi connectivity index (χ2v) is 6.49. The number of phenols is 1. The highest BCUT2D eigenvalue weighted by Crippen LogP contribution is 2.37. The summed E-state index contributed by atoms with van der Waals surface area (Å²) in [5.41, 5.74) is 8.75. The molecule has 2 atom stereocenters. The van der Waals surface area contributed by atoms with E-state index in [1.165, 1.54) is 0 Å². The van der Waals surface area contributed by atoms with Crippen molar-refractivity contribution in [2.75, 3.05) is 7.11 Å². The molecule has 0 bridgehead atoms. The van der Waals surface area contributed by atoms with E-state index in [0.717, 1.165) is 41.7 Å². The van der Waals surface area contributed by atoms with Gasteiger partial charge in [-0.3, -0.25) is 0 Å². The summed E-state index contributed by atoms with van der Waals surface area (Å²) in [5.74, 6) is 1.03. The van der Waals surface area contributed by atoms with E-state index >= 15 is 0 Å². The molecule has 0 aliphatic heterocycles. The number of unbranched alkanes of at least 4 members (excludes halogenated alkanes) is 1. The van der Waals surface area contributed by atoms with Gasteiger partial charge in [0.25, 0.3) is 0 Å². The van der Waals surface area contributed by atoms with Crippen molar-refractivity contribution in [1.82, 2.24) is 5.32 Å². The molecular formula is C21H30N2O2. The van der Waals surface area contributed by atoms with Gasteiger partial charge in [-0.15, -0.1) is 0 Å². The van der Waals surface area contributed by atoms with Crippen LogP contribution in [0.5, 0.6) is 11.5 Å². The maximum Gasteiger partial charge on any atom is 0.128 e. The Bertz CT molecular complexity index is 673. The molecule has 2 rings (SSSR count). The highest BCUT2D eigenvalue weighted by molar-refractivity contribution is 5.76. The molecule has 1 unspecified atom stereocenters. The van der Waals surface area contributed by atoms with Gasteiger partial charge in [0.05, 0.1) is 7.11 Å². The number of hydrogen-bond donors (Lipinski definition) is 3. The van der Waals surface area contributed by atoms with E-state index in [9.17, 15) is 5.11 Å². The average molecular weight is 342 g/mol. The number of benzene rings is 2. The SMILES string of the molecule is CCCC[C@@H](N)C(C)NCc1cccc(-c2ccccc2OC)c1O. The fraction of sp³-hybridized carbons (Fsp3) is 0.429. The first-order valence-electron chi connectivity index (χ1n) is 9.01. The summed E-state index contributed by atoms with van der Waals surface area (Å²) in [4.78, 5) is 0. The van der Waals surface area contributed by atoms with Crippen LogP contribution in [0.25, 0.3) is 11.1 Å². The smallest absolute Gasteiger partial charge is 0.128 e. The molecule has 4 N–H and O–H groups in total. The lowest BCUT2D eigenvalue weighted by molar-refractivity contribution is 0.413. The normalized spacial score (nSPS) is 13.4. The summed E-state index contributed by atoms with van der Waals surface area (Å²) >= 11 is 0. The standard InChI is InChI=1S/C21H30N2O2/c1-4-5-12-19(22)15(2)23-14-16-9-8-11-18(21(16)24)17-10-6-7-13-20(17)25-3/h6-11,13,15,19,23-24H,4-5,12,14,22H2,1-3H3/t15?,19-/m1/s1. The van der Waals surface area contributed by atoms with Gasteiger partial charge in [0.2, 0.25) is 0 Å². The van der Waals surface area contributed by atoms with Crippen molar-refractivity contribution in [3.05, 3.63) is 48.0 Å². The molecule has 0 amide bonds. The summed E-state index contributed by atoms with van der Waals surface area (Å²) in [6.07, 6.45) is 3.31. The molecule has 0 heterocycles. The van der Waals surface area contributed by atoms with E-state index in [2.05, 4.69) is 19.2 Å². The first-order chi connectivity index (χ1) is 12.1. The topological polar surface area (TPSA) is 67.5 Å². The Labute approximate surface area is 151 Å². The van der Waals surface area contributed by atoms with Crippen molar-refractivity contribution >= 4 is 0 Å². The van der Waals surface area contributed by atoms with Gasteiger partial charge < -0.3 is 20.9 Å². The second kappa shape index (κ2) is 9.44. The molecular weight excluding hydrogens is 312 g/mol. The molecule has 0 aliphatic rings. The van der Waals surface area contributed by atoms with Gasteiger partial charge in [0, 0.05) is 35.3 Å². The van der Waals surface area contributed by atoms with Crippen molar-refractivity contribution in [3.63, 3.8) is 0 Å². The van der Waals surface area contributed by atoms with Crippen molar-refractivity contribution in [2.24, 2.45) is 5.73 Å². The minimum Gasteiger partial charge on any atom is -0.507 e. The Morgan fingerprint density at radius 2 is 1.84 bits per heavy atom. The fourth-order valence-corrected chi connectivity index (χ4v) is 2.93. The first kappa shape index (κ1) is 19.3. The van der Waals surface area contributed by atoms with Gasteiger partial charge in [0.15, 0.2) is 0 Å². The lowest BCUT2D eigenvalue weighted by Crippen LogP contribution is -2.42. The van der Waals surface area contributed by atoms with Crippen LogP contribution >= 0.6 is 0 Å². The zero-order valence-electron chi connectivity index (χ0n) is 15.5. The molecule has 136 valence electrons. The Balaban J connectivity index is 2.13. The van der Waals surface area contributed by atoms with Crippen molar-refractivity contribution in [2.45, 2.75) is 51.7 Å². The molecule has 0 aromatic heterocycles. The molecule has 2 aromatic carbocycles. The van der Waals surface area contributed by atoms with Gasteiger partial charge in [0.1, 0.15) is 11.5 Å². The van der Waals surface area contributed by atoms with Gasteiger partial charge in [-0.25, -0.2) is 0 Å². The predicted octanol–water partition coefficient (Wildman–Crippen LogP) is 4.06. The van der Waals surface area contributed by atoms with Crippen LogP contribution in [-0.2, 0) is 6.54 Å². The average Bonchev–Trinajstić information content (AvgIpc) is 2.65. The Morgan fingerprint density at radius 1 is 1.12 bits per heavy atom. The monoisotopic (exact) mass is 342 g/mol. The maximum absolute atomic E-state index is 10.7. The lowest BCUT2D eigenvalue weighted by atomic mass is 9.99. The van der Waals surface area contributed by atoms with Gasteiger partial charge >= 0.3 is 0 Å². The van der Waals surface area contributed by atoms with E-state index in [1.54, 1.807) is 7.11 Å². The minimum atomic E-state index is 0.125. The van der Waals surface area contributed by atoms with E-state index in [0.29, 0.717) is 6.54 Å². The van der Waals surface area contributed by atoms with E-state index in [4.69, 9.17) is 10.5 Å². The molecule has 25 heavy (non-hydrogen) atoms. The number of para-hydroxylation sites is 2. The van der Waals surface area contributed by atoms with E-state index < -0.39 is 0 Å². The van der Waals surface area contributed by atoms with Crippen LogP contribution in [0.2, 0.25) is 0 Å². The van der Waals surface area contributed by atoms with Gasteiger partial charge in [-0.2, -0.15) is 0 Å². The van der Waals surface area contributed by atoms with Crippen LogP contribution in [-0.4, -0.2) is 24.3 Å². The molecule has 0 saturated heterocycles. The van der Waals surface area contributed by atoms with Crippen LogP contribution in [0.1, 0.15) is 38.7 Å². The third kappa shape index (κ3) is 4.97. The van der Waals surface area contributed by atoms with Crippen molar-refractivity contribution < 1.29 is 9.84 Å². The molecule has 0 saturated carbocycles. The van der Waals surface area contributed by atoms with E-state index in [-0.39, 0.29) is 17.8 Å². The molecule has 2 aromatic rings. The third-order valence-electron chi connectivity index (χ3n) is 4.66. The van der Waals surface area contributed by atoms with E-state index in [1.807, 2.05) is 42.5 Å². The Morgan fingerprint density at radius 3 is 2.56 bits per heavy atom. The third-order valence-corrected chi connectivity index (χ3v) is 4.66. The lowest BCUT2D eigenvalue weighted by Gasteiger charge is -2.22. The van der Waals surface area contributed by atoms with Crippen LogP contribution in [0.15, 0.2) is 42.5 Å². The number of ether oxygens (including phenoxy) is 1. The zero-order chi connectivity index (χ0) is 18.2. The quantitative estimate of drug-likeness (QED) is 0.643. The number of aromatic hydroxyl groups is 1. The fourth-order valence-electron chi connectivity index (χ4n) is 2.93. The number of rotatable bonds is 9. The second-order valence-electron chi connectivity index (χ2n) is 6.49. The molecule has 0 radical (unpaired) electrons. The van der Waals surface area contributed by atoms with Crippen molar-refractivity contribution in [3.8, 4) is 22.6 Å². The number of phenolic OH excluding ortho intramolecular Hbond substituents is 1. The van der Waals surface area contributed by atoms with Gasteiger partial charge in [-0.1, -0.05) is 56.2 Å². The number of methoxy groups -OCH3 is 1. The Kier molecular flexibility index (Phi) is 7.29. The van der Waals surface area contributed by atoms with Crippen LogP contribution < -0.4 is 15.8 Å². The largest absolute Gasteiger partial charge is 0.507 e. The number of hydrogen-bond acceptors (Lipinski definition) is 4. The summed E-state index contributed by atoms with van der Waals surface area (Å²) in [5, 5.41) is 14.2. The summed E-state index contributed by atoms with van der Waals surface area (Å²) < 4.78 is 5.42. The summed E-state index contributed by atoms with van der Waals surface area (Å²) in [6, 6.07) is 13.8. The summed E-state index contributed by atoms with van der Waals surface area (Å²) in [6.45, 7) is 4.85. The van der Waals surface area contributed by atoms with Crippen LogP contribution in [0, 0.1) is 0 Å². The van der Waals surface area contributed by atoms with Crippen LogP contribution in [0.3, 0.4) is 0 Å². The minimum absolute atomic E-state index is 0.125. The Hall–Kier alpha value is -2.04. The molecule has 4 nitrogen and oxygen atoms in total. The molecule has 0 fully saturated rings. The molecule has 0 spiro atoms. The highest BCUT2D eigenvalue weighted by Gasteiger charge is 2.15.